The lowest BCUT2D eigenvalue weighted by atomic mass is 10.1. The molecule has 2 aromatic heterocycles. The number of fused-ring (bicyclic) bond motifs is 3. The van der Waals surface area contributed by atoms with Crippen LogP contribution in [0.5, 0.6) is 0 Å². The molecule has 31 heavy (non-hydrogen) atoms. The van der Waals surface area contributed by atoms with E-state index in [0.717, 1.165) is 28.8 Å². The van der Waals surface area contributed by atoms with Gasteiger partial charge in [0, 0.05) is 18.5 Å². The Labute approximate surface area is 181 Å². The molecule has 0 bridgehead atoms. The number of benzene rings is 2. The molecule has 1 fully saturated rings. The first kappa shape index (κ1) is 19.7. The van der Waals surface area contributed by atoms with E-state index in [0.29, 0.717) is 17.9 Å². The number of hydrogen-bond donors (Lipinski definition) is 1. The molecule has 6 nitrogen and oxygen atoms in total. The van der Waals surface area contributed by atoms with Gasteiger partial charge in [-0.15, -0.1) is 0 Å². The maximum Gasteiger partial charge on any atom is 0.152 e. The summed E-state index contributed by atoms with van der Waals surface area (Å²) in [5, 5.41) is 1.000. The number of carbonyl (C=O) groups is 1. The van der Waals surface area contributed by atoms with Crippen LogP contribution in [0.15, 0.2) is 48.5 Å². The zero-order valence-corrected chi connectivity index (χ0v) is 17.8. The van der Waals surface area contributed by atoms with Gasteiger partial charge in [-0.25, -0.2) is 9.97 Å². The maximum atomic E-state index is 11.9. The van der Waals surface area contributed by atoms with Crippen LogP contribution in [0.1, 0.15) is 36.7 Å². The fourth-order valence-electron chi connectivity index (χ4n) is 4.56. The quantitative estimate of drug-likeness (QED) is 0.518. The van der Waals surface area contributed by atoms with Crippen LogP contribution < -0.4 is 5.73 Å². The number of ketones is 1. The van der Waals surface area contributed by atoms with Crippen molar-refractivity contribution in [3.63, 3.8) is 0 Å². The van der Waals surface area contributed by atoms with Gasteiger partial charge in [-0.1, -0.05) is 42.5 Å². The highest BCUT2D eigenvalue weighted by Crippen LogP contribution is 2.29. The first-order chi connectivity index (χ1) is 15.1. The van der Waals surface area contributed by atoms with Crippen LogP contribution in [0.3, 0.4) is 0 Å². The van der Waals surface area contributed by atoms with E-state index in [-0.39, 0.29) is 12.2 Å². The van der Waals surface area contributed by atoms with Crippen LogP contribution in [0, 0.1) is 0 Å². The Morgan fingerprint density at radius 3 is 2.35 bits per heavy atom. The molecule has 1 saturated heterocycles. The predicted molar refractivity (Wildman–Crippen MR) is 124 cm³/mol. The first-order valence-electron chi connectivity index (χ1n) is 10.9. The summed E-state index contributed by atoms with van der Waals surface area (Å²) in [4.78, 5) is 23.7. The lowest BCUT2D eigenvalue weighted by Crippen LogP contribution is -2.18. The fourth-order valence-corrected chi connectivity index (χ4v) is 4.56. The third kappa shape index (κ3) is 3.91. The Kier molecular flexibility index (Phi) is 5.16. The van der Waals surface area contributed by atoms with Crippen molar-refractivity contribution in [1.82, 2.24) is 19.4 Å². The molecule has 0 aliphatic carbocycles. The number of carbonyl (C=O) groups excluding carboxylic acids is 1. The second kappa shape index (κ2) is 8.12. The van der Waals surface area contributed by atoms with Gasteiger partial charge in [0.1, 0.15) is 17.1 Å². The molecule has 0 atom stereocenters. The number of nitrogen functional groups attached to an aromatic ring is 1. The van der Waals surface area contributed by atoms with Crippen LogP contribution in [-0.4, -0.2) is 38.3 Å². The Morgan fingerprint density at radius 2 is 1.65 bits per heavy atom. The molecule has 158 valence electrons. The van der Waals surface area contributed by atoms with Gasteiger partial charge in [-0.05, 0) is 50.0 Å². The summed E-state index contributed by atoms with van der Waals surface area (Å²) in [5.74, 6) is 1.21. The Balaban J connectivity index is 1.55. The van der Waals surface area contributed by atoms with E-state index in [1.54, 1.807) is 6.92 Å². The van der Waals surface area contributed by atoms with Gasteiger partial charge in [0.15, 0.2) is 5.82 Å². The smallest absolute Gasteiger partial charge is 0.152 e. The van der Waals surface area contributed by atoms with Crippen molar-refractivity contribution in [2.75, 3.05) is 18.8 Å². The number of hydrogen-bond acceptors (Lipinski definition) is 5. The van der Waals surface area contributed by atoms with Crippen molar-refractivity contribution in [1.29, 1.82) is 0 Å². The molecule has 1 aliphatic heterocycles. The van der Waals surface area contributed by atoms with Crippen molar-refractivity contribution in [2.45, 2.75) is 39.3 Å². The van der Waals surface area contributed by atoms with E-state index in [1.807, 2.05) is 24.3 Å². The standard InChI is InChI=1S/C25H27N5O/c1-17(31)14-22-28-23-24(20-6-2-3-7-21(20)27-25(23)26)30(22)16-19-10-8-18(9-11-19)15-29-12-4-5-13-29/h2-3,6-11H,4-5,12-16H2,1H3,(H2,26,27). The molecule has 0 unspecified atom stereocenters. The predicted octanol–water partition coefficient (Wildman–Crippen LogP) is 3.94. The van der Waals surface area contributed by atoms with Crippen LogP contribution in [0.4, 0.5) is 5.82 Å². The summed E-state index contributed by atoms with van der Waals surface area (Å²) < 4.78 is 2.13. The van der Waals surface area contributed by atoms with Crippen molar-refractivity contribution in [3.8, 4) is 0 Å². The highest BCUT2D eigenvalue weighted by molar-refractivity contribution is 6.06. The van der Waals surface area contributed by atoms with Crippen LogP contribution >= 0.6 is 0 Å². The number of nitrogens with two attached hydrogens (primary N) is 1. The van der Waals surface area contributed by atoms with Gasteiger partial charge in [-0.2, -0.15) is 0 Å². The van der Waals surface area contributed by atoms with Gasteiger partial charge < -0.3 is 10.3 Å². The zero-order chi connectivity index (χ0) is 21.4. The van der Waals surface area contributed by atoms with E-state index in [9.17, 15) is 4.79 Å². The average Bonchev–Trinajstić information content (AvgIpc) is 3.38. The highest BCUT2D eigenvalue weighted by Gasteiger charge is 2.18. The molecule has 4 aromatic rings. The molecule has 0 radical (unpaired) electrons. The molecule has 5 rings (SSSR count). The second-order valence-electron chi connectivity index (χ2n) is 8.50. The molecule has 0 amide bonds. The zero-order valence-electron chi connectivity index (χ0n) is 17.8. The van der Waals surface area contributed by atoms with Crippen LogP contribution in [0.2, 0.25) is 0 Å². The van der Waals surface area contributed by atoms with Crippen molar-refractivity contribution >= 4 is 33.5 Å². The number of aromatic nitrogens is 3. The number of pyridine rings is 1. The molecule has 2 aromatic carbocycles. The Bertz CT molecular complexity index is 1250. The van der Waals surface area contributed by atoms with E-state index >= 15 is 0 Å². The number of rotatable bonds is 6. The topological polar surface area (TPSA) is 77.0 Å². The number of imidazole rings is 1. The van der Waals surface area contributed by atoms with E-state index in [2.05, 4.69) is 38.7 Å². The van der Waals surface area contributed by atoms with Gasteiger partial charge >= 0.3 is 0 Å². The summed E-state index contributed by atoms with van der Waals surface area (Å²) in [6.45, 7) is 5.63. The van der Waals surface area contributed by atoms with Crippen LogP contribution in [0.25, 0.3) is 21.9 Å². The van der Waals surface area contributed by atoms with E-state index < -0.39 is 0 Å². The van der Waals surface area contributed by atoms with Gasteiger partial charge in [0.2, 0.25) is 0 Å². The molecule has 3 heterocycles. The van der Waals surface area contributed by atoms with Gasteiger partial charge in [-0.3, -0.25) is 9.69 Å². The number of anilines is 1. The lowest BCUT2D eigenvalue weighted by Gasteiger charge is -2.15. The minimum Gasteiger partial charge on any atom is -0.382 e. The molecular formula is C25H27N5O. The number of Topliss-reactive ketones (excluding diaryl/α,β-unsaturated/α-hetero) is 1. The van der Waals surface area contributed by atoms with E-state index in [4.69, 9.17) is 10.7 Å². The van der Waals surface area contributed by atoms with Gasteiger partial charge in [0.25, 0.3) is 0 Å². The summed E-state index contributed by atoms with van der Waals surface area (Å²) >= 11 is 0. The van der Waals surface area contributed by atoms with Gasteiger partial charge in [0.05, 0.1) is 17.5 Å². The van der Waals surface area contributed by atoms with Crippen molar-refractivity contribution in [2.24, 2.45) is 0 Å². The van der Waals surface area contributed by atoms with Crippen LogP contribution in [-0.2, 0) is 24.3 Å². The molecule has 2 N–H and O–H groups in total. The number of nitrogens with zero attached hydrogens (tertiary/aromatic N) is 4. The summed E-state index contributed by atoms with van der Waals surface area (Å²) in [6.07, 6.45) is 2.88. The van der Waals surface area contributed by atoms with E-state index in [1.165, 1.54) is 37.1 Å². The van der Waals surface area contributed by atoms with Crippen molar-refractivity contribution in [3.05, 3.63) is 65.5 Å². The maximum absolute atomic E-state index is 11.9. The summed E-state index contributed by atoms with van der Waals surface area (Å²) in [7, 11) is 0. The minimum absolute atomic E-state index is 0.0772. The average molecular weight is 414 g/mol. The normalized spacial score (nSPS) is 14.6. The largest absolute Gasteiger partial charge is 0.382 e. The minimum atomic E-state index is 0.0772. The summed E-state index contributed by atoms with van der Waals surface area (Å²) in [6, 6.07) is 16.7. The monoisotopic (exact) mass is 413 g/mol. The highest BCUT2D eigenvalue weighted by atomic mass is 16.1. The third-order valence-electron chi connectivity index (χ3n) is 6.06. The number of para-hydroxylation sites is 1. The Morgan fingerprint density at radius 1 is 0.968 bits per heavy atom. The number of likely N-dealkylation sites (tertiary alicyclic amines) is 1. The van der Waals surface area contributed by atoms with Crippen molar-refractivity contribution < 1.29 is 4.79 Å². The third-order valence-corrected chi connectivity index (χ3v) is 6.06. The SMILES string of the molecule is CC(=O)Cc1nc2c(N)nc3ccccc3c2n1Cc1ccc(CN2CCCC2)cc1. The summed E-state index contributed by atoms with van der Waals surface area (Å²) in [5.41, 5.74) is 11.2. The second-order valence-corrected chi connectivity index (χ2v) is 8.50. The molecule has 0 spiro atoms. The first-order valence-corrected chi connectivity index (χ1v) is 10.9. The molecular weight excluding hydrogens is 386 g/mol. The Hall–Kier alpha value is -3.25. The lowest BCUT2D eigenvalue weighted by molar-refractivity contribution is -0.116. The fraction of sp³-hybridized carbons (Fsp3) is 0.320. The molecule has 0 saturated carbocycles. The molecule has 1 aliphatic rings. The molecule has 6 heteroatoms.